The number of amides is 1. The average Bonchev–Trinajstić information content (AvgIpc) is 3.06. The van der Waals surface area contributed by atoms with Crippen LogP contribution in [0.2, 0.25) is 0 Å². The largest absolute Gasteiger partial charge is 0.356 e. The van der Waals surface area contributed by atoms with E-state index in [9.17, 15) is 4.79 Å². The van der Waals surface area contributed by atoms with Crippen LogP contribution in [-0.4, -0.2) is 68.1 Å². The third-order valence-corrected chi connectivity index (χ3v) is 4.05. The Kier molecular flexibility index (Phi) is 7.03. The summed E-state index contributed by atoms with van der Waals surface area (Å²) in [7, 11) is 3.49. The first-order valence-electron chi connectivity index (χ1n) is 8.86. The number of aliphatic imine (C=N–C) groups is 1. The number of nitrogens with one attached hydrogen (secondary N) is 2. The molecule has 0 radical (unpaired) electrons. The minimum atomic E-state index is -0.00724. The van der Waals surface area contributed by atoms with Crippen molar-refractivity contribution < 1.29 is 4.79 Å². The molecule has 0 spiro atoms. The van der Waals surface area contributed by atoms with Gasteiger partial charge in [0.1, 0.15) is 12.4 Å². The average molecular weight is 346 g/mol. The fraction of sp³-hybridized carbons (Fsp3) is 0.611. The van der Waals surface area contributed by atoms with Crippen LogP contribution in [0.3, 0.4) is 0 Å². The summed E-state index contributed by atoms with van der Waals surface area (Å²) in [6.07, 6.45) is 2.83. The molecule has 0 saturated carbocycles. The van der Waals surface area contributed by atoms with Gasteiger partial charge in [0.2, 0.25) is 5.91 Å². The van der Waals surface area contributed by atoms with E-state index in [0.29, 0.717) is 11.9 Å². The summed E-state index contributed by atoms with van der Waals surface area (Å²) in [5, 5.41) is 6.79. The number of guanidine groups is 1. The second-order valence-electron chi connectivity index (χ2n) is 6.99. The Morgan fingerprint density at radius 1 is 1.44 bits per heavy atom. The van der Waals surface area contributed by atoms with E-state index in [1.165, 1.54) is 0 Å². The van der Waals surface area contributed by atoms with E-state index in [1.807, 2.05) is 24.4 Å². The molecular weight excluding hydrogens is 316 g/mol. The summed E-state index contributed by atoms with van der Waals surface area (Å²) < 4.78 is 0. The maximum Gasteiger partial charge on any atom is 0.243 e. The van der Waals surface area contributed by atoms with Gasteiger partial charge in [0.15, 0.2) is 5.96 Å². The second-order valence-corrected chi connectivity index (χ2v) is 6.99. The van der Waals surface area contributed by atoms with Crippen LogP contribution >= 0.6 is 0 Å². The van der Waals surface area contributed by atoms with E-state index in [1.54, 1.807) is 19.0 Å². The van der Waals surface area contributed by atoms with E-state index < -0.39 is 0 Å². The van der Waals surface area contributed by atoms with Gasteiger partial charge in [-0.05, 0) is 24.5 Å². The van der Waals surface area contributed by atoms with Gasteiger partial charge in [0.25, 0.3) is 0 Å². The summed E-state index contributed by atoms with van der Waals surface area (Å²) in [6, 6.07) is 6.25. The number of likely N-dealkylation sites (N-methyl/N-ethyl adjacent to an activating group) is 1. The number of aromatic nitrogens is 1. The van der Waals surface area contributed by atoms with Crippen LogP contribution in [0.15, 0.2) is 29.4 Å². The number of nitrogens with zero attached hydrogens (tertiary/aromatic N) is 4. The quantitative estimate of drug-likeness (QED) is 0.592. The SMILES string of the molecule is CC(C)CNC(=NCC(=O)N(C)C)NC1CCN(c2ccccn2)C1. The van der Waals surface area contributed by atoms with Gasteiger partial charge in [0, 0.05) is 46.0 Å². The molecule has 1 saturated heterocycles. The Morgan fingerprint density at radius 2 is 2.24 bits per heavy atom. The highest BCUT2D eigenvalue weighted by atomic mass is 16.2. The molecule has 2 N–H and O–H groups in total. The molecule has 1 aromatic rings. The highest BCUT2D eigenvalue weighted by Gasteiger charge is 2.24. The zero-order valence-corrected chi connectivity index (χ0v) is 15.7. The lowest BCUT2D eigenvalue weighted by atomic mass is 10.2. The maximum atomic E-state index is 11.8. The Balaban J connectivity index is 1.94. The molecule has 1 fully saturated rings. The van der Waals surface area contributed by atoms with Crippen molar-refractivity contribution in [3.63, 3.8) is 0 Å². The van der Waals surface area contributed by atoms with Gasteiger partial charge in [-0.2, -0.15) is 0 Å². The number of anilines is 1. The molecule has 0 aliphatic carbocycles. The number of carbonyl (C=O) groups excluding carboxylic acids is 1. The molecule has 1 amide bonds. The zero-order chi connectivity index (χ0) is 18.2. The van der Waals surface area contributed by atoms with Gasteiger partial charge in [-0.25, -0.2) is 9.98 Å². The van der Waals surface area contributed by atoms with Crippen LogP contribution in [0.4, 0.5) is 5.82 Å². The Morgan fingerprint density at radius 3 is 2.88 bits per heavy atom. The van der Waals surface area contributed by atoms with E-state index >= 15 is 0 Å². The van der Waals surface area contributed by atoms with Crippen molar-refractivity contribution in [2.45, 2.75) is 26.3 Å². The molecule has 2 rings (SSSR count). The van der Waals surface area contributed by atoms with Crippen molar-refractivity contribution in [1.29, 1.82) is 0 Å². The van der Waals surface area contributed by atoms with E-state index in [-0.39, 0.29) is 18.5 Å². The smallest absolute Gasteiger partial charge is 0.243 e. The van der Waals surface area contributed by atoms with Crippen molar-refractivity contribution in [2.24, 2.45) is 10.9 Å². The topological polar surface area (TPSA) is 72.9 Å². The van der Waals surface area contributed by atoms with Crippen molar-refractivity contribution in [1.82, 2.24) is 20.5 Å². The molecular formula is C18H30N6O. The van der Waals surface area contributed by atoms with Crippen LogP contribution < -0.4 is 15.5 Å². The number of carbonyl (C=O) groups is 1. The fourth-order valence-electron chi connectivity index (χ4n) is 2.56. The number of pyridine rings is 1. The van der Waals surface area contributed by atoms with Gasteiger partial charge in [-0.3, -0.25) is 4.79 Å². The van der Waals surface area contributed by atoms with Gasteiger partial charge in [-0.1, -0.05) is 19.9 Å². The van der Waals surface area contributed by atoms with Crippen LogP contribution in [0.1, 0.15) is 20.3 Å². The third kappa shape index (κ3) is 6.25. The van der Waals surface area contributed by atoms with Crippen molar-refractivity contribution >= 4 is 17.7 Å². The molecule has 7 nitrogen and oxygen atoms in total. The number of hydrogen-bond donors (Lipinski definition) is 2. The van der Waals surface area contributed by atoms with Gasteiger partial charge in [0.05, 0.1) is 0 Å². The molecule has 1 atom stereocenters. The van der Waals surface area contributed by atoms with Crippen LogP contribution in [0.5, 0.6) is 0 Å². The Bertz CT molecular complexity index is 572. The minimum absolute atomic E-state index is 0.00724. The monoisotopic (exact) mass is 346 g/mol. The lowest BCUT2D eigenvalue weighted by Crippen LogP contribution is -2.46. The van der Waals surface area contributed by atoms with Crippen LogP contribution in [-0.2, 0) is 4.79 Å². The Hall–Kier alpha value is -2.31. The van der Waals surface area contributed by atoms with Crippen LogP contribution in [0.25, 0.3) is 0 Å². The lowest BCUT2D eigenvalue weighted by Gasteiger charge is -2.20. The summed E-state index contributed by atoms with van der Waals surface area (Å²) >= 11 is 0. The molecule has 138 valence electrons. The Labute approximate surface area is 150 Å². The zero-order valence-electron chi connectivity index (χ0n) is 15.7. The van der Waals surface area contributed by atoms with Gasteiger partial charge >= 0.3 is 0 Å². The molecule has 0 aromatic carbocycles. The molecule has 0 bridgehead atoms. The molecule has 1 aliphatic rings. The predicted octanol–water partition coefficient (Wildman–Crippen LogP) is 0.940. The van der Waals surface area contributed by atoms with E-state index in [4.69, 9.17) is 0 Å². The molecule has 2 heterocycles. The van der Waals surface area contributed by atoms with Crippen molar-refractivity contribution in [3.05, 3.63) is 24.4 Å². The first kappa shape index (κ1) is 19.0. The van der Waals surface area contributed by atoms with Crippen molar-refractivity contribution in [2.75, 3.05) is 45.2 Å². The molecule has 1 unspecified atom stereocenters. The highest BCUT2D eigenvalue weighted by molar-refractivity contribution is 5.85. The summed E-state index contributed by atoms with van der Waals surface area (Å²) in [6.45, 7) is 7.10. The second kappa shape index (κ2) is 9.25. The van der Waals surface area contributed by atoms with E-state index in [0.717, 1.165) is 31.9 Å². The standard InChI is InChI=1S/C18H30N6O/c1-14(2)11-20-18(21-12-17(25)23(3)4)22-15-8-10-24(13-15)16-7-5-6-9-19-16/h5-7,9,14-15H,8,10-13H2,1-4H3,(H2,20,21,22). The fourth-order valence-corrected chi connectivity index (χ4v) is 2.56. The van der Waals surface area contributed by atoms with E-state index in [2.05, 4.69) is 39.4 Å². The van der Waals surface area contributed by atoms with Crippen LogP contribution in [0, 0.1) is 5.92 Å². The van der Waals surface area contributed by atoms with Gasteiger partial charge in [-0.15, -0.1) is 0 Å². The molecule has 7 heteroatoms. The lowest BCUT2D eigenvalue weighted by molar-refractivity contribution is -0.127. The number of hydrogen-bond acceptors (Lipinski definition) is 4. The third-order valence-electron chi connectivity index (χ3n) is 4.05. The molecule has 1 aliphatic heterocycles. The molecule has 1 aromatic heterocycles. The summed E-state index contributed by atoms with van der Waals surface area (Å²) in [5.74, 6) is 2.21. The maximum absolute atomic E-state index is 11.8. The van der Waals surface area contributed by atoms with Crippen molar-refractivity contribution in [3.8, 4) is 0 Å². The summed E-state index contributed by atoms with van der Waals surface area (Å²) in [5.41, 5.74) is 0. The first-order chi connectivity index (χ1) is 12.0. The van der Waals surface area contributed by atoms with Gasteiger partial charge < -0.3 is 20.4 Å². The normalized spacial score (nSPS) is 17.7. The molecule has 25 heavy (non-hydrogen) atoms. The highest BCUT2D eigenvalue weighted by Crippen LogP contribution is 2.17. The summed E-state index contributed by atoms with van der Waals surface area (Å²) in [4.78, 5) is 24.5. The minimum Gasteiger partial charge on any atom is -0.356 e. The predicted molar refractivity (Wildman–Crippen MR) is 102 cm³/mol. The number of rotatable bonds is 6. The first-order valence-corrected chi connectivity index (χ1v) is 8.86.